The minimum atomic E-state index is 0.389. The number of hydrogen-bond acceptors (Lipinski definition) is 1. The molecule has 0 saturated heterocycles. The molecule has 0 fully saturated rings. The molecule has 15 heavy (non-hydrogen) atoms. The highest BCUT2D eigenvalue weighted by atomic mass is 32.1. The maximum absolute atomic E-state index is 2.40. The molecule has 0 atom stereocenters. The molecule has 0 bridgehead atoms. The molecular weight excluding hydrogens is 200 g/mol. The lowest BCUT2D eigenvalue weighted by atomic mass is 9.66. The summed E-state index contributed by atoms with van der Waals surface area (Å²) < 4.78 is 0. The van der Waals surface area contributed by atoms with Crippen LogP contribution in [0.4, 0.5) is 0 Å². The molecule has 1 aromatic heterocycles. The third kappa shape index (κ3) is 1.56. The molecule has 1 heterocycles. The van der Waals surface area contributed by atoms with Gasteiger partial charge >= 0.3 is 0 Å². The summed E-state index contributed by atoms with van der Waals surface area (Å²) in [6, 6.07) is 0. The Morgan fingerprint density at radius 3 is 2.00 bits per heavy atom. The fourth-order valence-corrected chi connectivity index (χ4v) is 4.25. The van der Waals surface area contributed by atoms with Gasteiger partial charge in [-0.15, -0.1) is 11.3 Å². The standard InChI is InChI=1S/C14H22S/c1-9-10(2)15-12-11(9)13(3,4)7-8-14(12,5)6/h7-8H2,1-6H3. The van der Waals surface area contributed by atoms with E-state index in [1.54, 1.807) is 16.0 Å². The lowest BCUT2D eigenvalue weighted by Gasteiger charge is -2.39. The Morgan fingerprint density at radius 1 is 0.933 bits per heavy atom. The van der Waals surface area contributed by atoms with Gasteiger partial charge in [0.1, 0.15) is 0 Å². The second-order valence-electron chi connectivity index (χ2n) is 6.26. The highest BCUT2D eigenvalue weighted by Gasteiger charge is 2.39. The smallest absolute Gasteiger partial charge is 0.0145 e. The van der Waals surface area contributed by atoms with Gasteiger partial charge in [-0.05, 0) is 48.6 Å². The molecule has 1 aliphatic rings. The van der Waals surface area contributed by atoms with E-state index in [2.05, 4.69) is 41.5 Å². The Labute approximate surface area is 97.7 Å². The minimum Gasteiger partial charge on any atom is -0.145 e. The molecule has 0 N–H and O–H groups in total. The van der Waals surface area contributed by atoms with E-state index in [1.807, 2.05) is 11.3 Å². The van der Waals surface area contributed by atoms with Gasteiger partial charge in [0.15, 0.2) is 0 Å². The van der Waals surface area contributed by atoms with E-state index >= 15 is 0 Å². The van der Waals surface area contributed by atoms with Gasteiger partial charge in [0.25, 0.3) is 0 Å². The Bertz CT molecular complexity index is 394. The zero-order valence-electron chi connectivity index (χ0n) is 10.8. The minimum absolute atomic E-state index is 0.389. The van der Waals surface area contributed by atoms with Crippen LogP contribution in [0.2, 0.25) is 0 Å². The Hall–Kier alpha value is -0.300. The van der Waals surface area contributed by atoms with Crippen molar-refractivity contribution >= 4 is 11.3 Å². The predicted octanol–water partition coefficient (Wildman–Crippen LogP) is 4.71. The number of rotatable bonds is 0. The first-order chi connectivity index (χ1) is 6.76. The quantitative estimate of drug-likeness (QED) is 0.596. The van der Waals surface area contributed by atoms with Crippen LogP contribution in [0.25, 0.3) is 0 Å². The summed E-state index contributed by atoms with van der Waals surface area (Å²) in [7, 11) is 0. The van der Waals surface area contributed by atoms with E-state index in [4.69, 9.17) is 0 Å². The van der Waals surface area contributed by atoms with E-state index in [-0.39, 0.29) is 0 Å². The zero-order chi connectivity index (χ0) is 11.4. The van der Waals surface area contributed by atoms with Crippen LogP contribution in [0, 0.1) is 13.8 Å². The van der Waals surface area contributed by atoms with Gasteiger partial charge in [-0.3, -0.25) is 0 Å². The summed E-state index contributed by atoms with van der Waals surface area (Å²) >= 11 is 2.03. The molecule has 0 unspecified atom stereocenters. The summed E-state index contributed by atoms with van der Waals surface area (Å²) in [6.45, 7) is 14.2. The first-order valence-electron chi connectivity index (χ1n) is 5.87. The SMILES string of the molecule is Cc1sc2c(c1C)C(C)(C)CCC2(C)C. The van der Waals surface area contributed by atoms with Crippen molar-refractivity contribution in [3.8, 4) is 0 Å². The zero-order valence-corrected chi connectivity index (χ0v) is 11.6. The van der Waals surface area contributed by atoms with Crippen LogP contribution in [-0.4, -0.2) is 0 Å². The van der Waals surface area contributed by atoms with E-state index in [0.717, 1.165) is 0 Å². The van der Waals surface area contributed by atoms with Crippen LogP contribution in [0.5, 0.6) is 0 Å². The van der Waals surface area contributed by atoms with Crippen molar-refractivity contribution < 1.29 is 0 Å². The molecule has 0 aliphatic heterocycles. The summed E-state index contributed by atoms with van der Waals surface area (Å²) in [5.41, 5.74) is 3.99. The van der Waals surface area contributed by atoms with Gasteiger partial charge in [0.2, 0.25) is 0 Å². The first-order valence-corrected chi connectivity index (χ1v) is 6.68. The Balaban J connectivity index is 2.70. The van der Waals surface area contributed by atoms with Gasteiger partial charge in [0, 0.05) is 9.75 Å². The molecular formula is C14H22S. The van der Waals surface area contributed by atoms with E-state index in [0.29, 0.717) is 10.8 Å². The molecule has 0 saturated carbocycles. The van der Waals surface area contributed by atoms with Crippen molar-refractivity contribution in [2.75, 3.05) is 0 Å². The number of hydrogen-bond donors (Lipinski definition) is 0. The molecule has 0 amide bonds. The van der Waals surface area contributed by atoms with Crippen LogP contribution in [0.15, 0.2) is 0 Å². The van der Waals surface area contributed by atoms with E-state index in [9.17, 15) is 0 Å². The molecule has 2 rings (SSSR count). The fraction of sp³-hybridized carbons (Fsp3) is 0.714. The molecule has 0 spiro atoms. The van der Waals surface area contributed by atoms with Gasteiger partial charge in [-0.25, -0.2) is 0 Å². The molecule has 0 radical (unpaired) electrons. The van der Waals surface area contributed by atoms with Gasteiger partial charge in [-0.1, -0.05) is 27.7 Å². The second kappa shape index (κ2) is 3.10. The summed E-state index contributed by atoms with van der Waals surface area (Å²) in [6.07, 6.45) is 2.65. The summed E-state index contributed by atoms with van der Waals surface area (Å²) in [5, 5.41) is 0. The lowest BCUT2D eigenvalue weighted by molar-refractivity contribution is 0.337. The monoisotopic (exact) mass is 222 g/mol. The molecule has 0 aromatic carbocycles. The van der Waals surface area contributed by atoms with Crippen molar-refractivity contribution in [2.24, 2.45) is 0 Å². The fourth-order valence-electron chi connectivity index (χ4n) is 2.78. The van der Waals surface area contributed by atoms with Crippen LogP contribution in [0.3, 0.4) is 0 Å². The van der Waals surface area contributed by atoms with Crippen molar-refractivity contribution in [3.05, 3.63) is 20.9 Å². The lowest BCUT2D eigenvalue weighted by Crippen LogP contribution is -2.32. The largest absolute Gasteiger partial charge is 0.145 e. The van der Waals surface area contributed by atoms with Gasteiger partial charge in [-0.2, -0.15) is 0 Å². The predicted molar refractivity (Wildman–Crippen MR) is 69.1 cm³/mol. The second-order valence-corrected chi connectivity index (χ2v) is 7.48. The Morgan fingerprint density at radius 2 is 1.47 bits per heavy atom. The average Bonchev–Trinajstić information content (AvgIpc) is 2.40. The highest BCUT2D eigenvalue weighted by molar-refractivity contribution is 7.12. The normalized spacial score (nSPS) is 22.5. The third-order valence-corrected chi connectivity index (χ3v) is 5.62. The van der Waals surface area contributed by atoms with Crippen molar-refractivity contribution in [2.45, 2.75) is 65.2 Å². The van der Waals surface area contributed by atoms with Crippen LogP contribution < -0.4 is 0 Å². The molecule has 1 heteroatoms. The van der Waals surface area contributed by atoms with Crippen LogP contribution >= 0.6 is 11.3 Å². The number of aryl methyl sites for hydroxylation is 1. The van der Waals surface area contributed by atoms with Crippen LogP contribution in [0.1, 0.15) is 61.4 Å². The van der Waals surface area contributed by atoms with Crippen molar-refractivity contribution in [1.29, 1.82) is 0 Å². The van der Waals surface area contributed by atoms with E-state index in [1.165, 1.54) is 17.7 Å². The summed E-state index contributed by atoms with van der Waals surface area (Å²) in [4.78, 5) is 3.16. The van der Waals surface area contributed by atoms with Gasteiger partial charge < -0.3 is 0 Å². The molecule has 84 valence electrons. The van der Waals surface area contributed by atoms with Crippen LogP contribution in [-0.2, 0) is 10.8 Å². The topological polar surface area (TPSA) is 0 Å². The number of thiophene rings is 1. The van der Waals surface area contributed by atoms with E-state index < -0.39 is 0 Å². The molecule has 1 aliphatic carbocycles. The maximum Gasteiger partial charge on any atom is 0.0145 e. The van der Waals surface area contributed by atoms with Crippen molar-refractivity contribution in [3.63, 3.8) is 0 Å². The van der Waals surface area contributed by atoms with Gasteiger partial charge in [0.05, 0.1) is 0 Å². The molecule has 1 aromatic rings. The third-order valence-electron chi connectivity index (χ3n) is 4.05. The summed E-state index contributed by atoms with van der Waals surface area (Å²) in [5.74, 6) is 0. The maximum atomic E-state index is 2.40. The highest BCUT2D eigenvalue weighted by Crippen LogP contribution is 2.51. The molecule has 0 nitrogen and oxygen atoms in total. The number of fused-ring (bicyclic) bond motifs is 1. The Kier molecular flexibility index (Phi) is 2.31. The first kappa shape index (κ1) is 11.2. The van der Waals surface area contributed by atoms with Crippen molar-refractivity contribution in [1.82, 2.24) is 0 Å². The average molecular weight is 222 g/mol.